The monoisotopic (exact) mass is 208 g/mol. The number of hydrogen-bond acceptors (Lipinski definition) is 2. The van der Waals surface area contributed by atoms with Gasteiger partial charge in [-0.05, 0) is 24.1 Å². The minimum atomic E-state index is -0.232. The maximum atomic E-state index is 12.6. The van der Waals surface area contributed by atoms with E-state index in [0.29, 0.717) is 6.54 Å². The SMILES string of the molecule is O=C1CNC[C@H](Cc2ccc(F)cc2)N1. The molecule has 1 aromatic carbocycles. The predicted molar refractivity (Wildman–Crippen MR) is 54.9 cm³/mol. The molecule has 0 aliphatic carbocycles. The van der Waals surface area contributed by atoms with E-state index in [1.165, 1.54) is 12.1 Å². The van der Waals surface area contributed by atoms with Gasteiger partial charge < -0.3 is 10.6 Å². The Morgan fingerprint density at radius 2 is 2.07 bits per heavy atom. The van der Waals surface area contributed by atoms with E-state index >= 15 is 0 Å². The van der Waals surface area contributed by atoms with Gasteiger partial charge in [0, 0.05) is 12.6 Å². The zero-order valence-corrected chi connectivity index (χ0v) is 8.29. The highest BCUT2D eigenvalue weighted by Crippen LogP contribution is 2.06. The minimum absolute atomic E-state index is 0.0216. The number of benzene rings is 1. The molecule has 0 unspecified atom stereocenters. The second-order valence-corrected chi connectivity index (χ2v) is 3.73. The molecular formula is C11H13FN2O. The van der Waals surface area contributed by atoms with Gasteiger partial charge in [0.15, 0.2) is 0 Å². The standard InChI is InChI=1S/C11H13FN2O/c12-9-3-1-8(2-4-9)5-10-6-13-7-11(15)14-10/h1-4,10,13H,5-7H2,(H,14,15)/t10-/m0/s1. The van der Waals surface area contributed by atoms with Gasteiger partial charge in [0.1, 0.15) is 5.82 Å². The molecule has 1 aliphatic rings. The maximum absolute atomic E-state index is 12.6. The molecule has 0 bridgehead atoms. The predicted octanol–water partition coefficient (Wildman–Crippen LogP) is 0.456. The van der Waals surface area contributed by atoms with E-state index in [9.17, 15) is 9.18 Å². The Bertz CT molecular complexity index is 350. The van der Waals surface area contributed by atoms with Crippen LogP contribution in [0.2, 0.25) is 0 Å². The quantitative estimate of drug-likeness (QED) is 0.741. The van der Waals surface area contributed by atoms with Gasteiger partial charge >= 0.3 is 0 Å². The van der Waals surface area contributed by atoms with Crippen LogP contribution in [0.4, 0.5) is 4.39 Å². The van der Waals surface area contributed by atoms with Gasteiger partial charge in [-0.2, -0.15) is 0 Å². The fraction of sp³-hybridized carbons (Fsp3) is 0.364. The molecule has 2 N–H and O–H groups in total. The third kappa shape index (κ3) is 2.76. The molecule has 80 valence electrons. The van der Waals surface area contributed by atoms with E-state index < -0.39 is 0 Å². The summed E-state index contributed by atoms with van der Waals surface area (Å²) in [5, 5.41) is 5.91. The summed E-state index contributed by atoms with van der Waals surface area (Å²) in [6.07, 6.45) is 0.735. The average molecular weight is 208 g/mol. The number of rotatable bonds is 2. The summed E-state index contributed by atoms with van der Waals surface area (Å²) in [5.74, 6) is -0.210. The average Bonchev–Trinajstić information content (AvgIpc) is 2.22. The summed E-state index contributed by atoms with van der Waals surface area (Å²) in [5.41, 5.74) is 1.03. The Morgan fingerprint density at radius 1 is 1.33 bits per heavy atom. The van der Waals surface area contributed by atoms with Gasteiger partial charge in [0.05, 0.1) is 6.54 Å². The van der Waals surface area contributed by atoms with Crippen LogP contribution in [-0.2, 0) is 11.2 Å². The lowest BCUT2D eigenvalue weighted by atomic mass is 10.0. The van der Waals surface area contributed by atoms with Crippen LogP contribution >= 0.6 is 0 Å². The Morgan fingerprint density at radius 3 is 2.73 bits per heavy atom. The molecule has 0 radical (unpaired) electrons. The molecule has 1 saturated heterocycles. The first-order valence-electron chi connectivity index (χ1n) is 4.98. The molecule has 0 aromatic heterocycles. The van der Waals surface area contributed by atoms with Crippen LogP contribution in [0.5, 0.6) is 0 Å². The molecule has 1 aliphatic heterocycles. The molecule has 0 saturated carbocycles. The van der Waals surface area contributed by atoms with Gasteiger partial charge in [-0.15, -0.1) is 0 Å². The van der Waals surface area contributed by atoms with Crippen molar-refractivity contribution in [2.45, 2.75) is 12.5 Å². The Labute approximate surface area is 87.7 Å². The van der Waals surface area contributed by atoms with E-state index in [0.717, 1.165) is 18.5 Å². The van der Waals surface area contributed by atoms with Crippen molar-refractivity contribution in [2.24, 2.45) is 0 Å². The number of halogens is 1. The second-order valence-electron chi connectivity index (χ2n) is 3.73. The van der Waals surface area contributed by atoms with Crippen molar-refractivity contribution in [3.63, 3.8) is 0 Å². The highest BCUT2D eigenvalue weighted by molar-refractivity contribution is 5.79. The first kappa shape index (κ1) is 10.1. The molecule has 1 heterocycles. The Kier molecular flexibility index (Phi) is 2.97. The largest absolute Gasteiger partial charge is 0.351 e. The van der Waals surface area contributed by atoms with Gasteiger partial charge in [0.2, 0.25) is 5.91 Å². The third-order valence-corrected chi connectivity index (χ3v) is 2.44. The van der Waals surface area contributed by atoms with Crippen molar-refractivity contribution in [3.05, 3.63) is 35.6 Å². The van der Waals surface area contributed by atoms with Crippen molar-refractivity contribution in [3.8, 4) is 0 Å². The number of piperazine rings is 1. The van der Waals surface area contributed by atoms with Crippen LogP contribution in [0.1, 0.15) is 5.56 Å². The molecule has 15 heavy (non-hydrogen) atoms. The zero-order chi connectivity index (χ0) is 10.7. The molecule has 2 rings (SSSR count). The molecule has 3 nitrogen and oxygen atoms in total. The number of nitrogens with one attached hydrogen (secondary N) is 2. The smallest absolute Gasteiger partial charge is 0.234 e. The van der Waals surface area contributed by atoms with Crippen molar-refractivity contribution in [1.82, 2.24) is 10.6 Å². The van der Waals surface area contributed by atoms with Gasteiger partial charge in [-0.25, -0.2) is 4.39 Å². The lowest BCUT2D eigenvalue weighted by molar-refractivity contribution is -0.122. The lowest BCUT2D eigenvalue weighted by Gasteiger charge is -2.24. The van der Waals surface area contributed by atoms with Crippen LogP contribution in [0, 0.1) is 5.82 Å². The van der Waals surface area contributed by atoms with Crippen molar-refractivity contribution in [2.75, 3.05) is 13.1 Å². The topological polar surface area (TPSA) is 41.1 Å². The van der Waals surface area contributed by atoms with E-state index in [1.54, 1.807) is 12.1 Å². The maximum Gasteiger partial charge on any atom is 0.234 e. The van der Waals surface area contributed by atoms with Gasteiger partial charge in [0.25, 0.3) is 0 Å². The van der Waals surface area contributed by atoms with Crippen LogP contribution < -0.4 is 10.6 Å². The summed E-state index contributed by atoms with van der Waals surface area (Å²) < 4.78 is 12.6. The van der Waals surface area contributed by atoms with E-state index in [1.807, 2.05) is 0 Å². The second kappa shape index (κ2) is 4.40. The molecule has 1 aromatic rings. The lowest BCUT2D eigenvalue weighted by Crippen LogP contribution is -2.52. The first-order chi connectivity index (χ1) is 7.24. The minimum Gasteiger partial charge on any atom is -0.351 e. The number of amides is 1. The summed E-state index contributed by atoms with van der Waals surface area (Å²) >= 11 is 0. The Hall–Kier alpha value is -1.42. The van der Waals surface area contributed by atoms with Crippen LogP contribution in [0.25, 0.3) is 0 Å². The van der Waals surface area contributed by atoms with E-state index in [-0.39, 0.29) is 17.8 Å². The van der Waals surface area contributed by atoms with E-state index in [4.69, 9.17) is 0 Å². The van der Waals surface area contributed by atoms with Crippen LogP contribution in [0.15, 0.2) is 24.3 Å². The number of carbonyl (C=O) groups is 1. The number of hydrogen-bond donors (Lipinski definition) is 2. The highest BCUT2D eigenvalue weighted by Gasteiger charge is 2.17. The Balaban J connectivity index is 1.96. The molecule has 0 spiro atoms. The van der Waals surface area contributed by atoms with Crippen molar-refractivity contribution >= 4 is 5.91 Å². The first-order valence-corrected chi connectivity index (χ1v) is 4.98. The zero-order valence-electron chi connectivity index (χ0n) is 8.29. The highest BCUT2D eigenvalue weighted by atomic mass is 19.1. The third-order valence-electron chi connectivity index (χ3n) is 2.44. The molecular weight excluding hydrogens is 195 g/mol. The van der Waals surface area contributed by atoms with Crippen molar-refractivity contribution < 1.29 is 9.18 Å². The summed E-state index contributed by atoms with van der Waals surface area (Å²) in [4.78, 5) is 11.1. The fourth-order valence-electron chi connectivity index (χ4n) is 1.72. The summed E-state index contributed by atoms with van der Waals surface area (Å²) in [6.45, 7) is 1.16. The van der Waals surface area contributed by atoms with Crippen molar-refractivity contribution in [1.29, 1.82) is 0 Å². The molecule has 4 heteroatoms. The molecule has 1 fully saturated rings. The van der Waals surface area contributed by atoms with Gasteiger partial charge in [-0.1, -0.05) is 12.1 Å². The summed E-state index contributed by atoms with van der Waals surface area (Å²) in [7, 11) is 0. The van der Waals surface area contributed by atoms with Crippen LogP contribution in [-0.4, -0.2) is 25.0 Å². The number of carbonyl (C=O) groups excluding carboxylic acids is 1. The van der Waals surface area contributed by atoms with E-state index in [2.05, 4.69) is 10.6 Å². The van der Waals surface area contributed by atoms with Crippen LogP contribution in [0.3, 0.4) is 0 Å². The summed E-state index contributed by atoms with van der Waals surface area (Å²) in [6, 6.07) is 6.48. The van der Waals surface area contributed by atoms with Gasteiger partial charge in [-0.3, -0.25) is 4.79 Å². The fourth-order valence-corrected chi connectivity index (χ4v) is 1.72. The normalized spacial score (nSPS) is 21.1. The molecule has 1 amide bonds. The molecule has 1 atom stereocenters.